The van der Waals surface area contributed by atoms with Crippen LogP contribution in [0.5, 0.6) is 5.75 Å². The number of anilines is 1. The molecule has 0 aliphatic carbocycles. The minimum absolute atomic E-state index is 0.0798. The number of rotatable bonds is 10. The number of nitrogens with zero attached hydrogens (tertiary/aromatic N) is 1. The molecule has 2 N–H and O–H groups in total. The topological polar surface area (TPSA) is 81.9 Å². The van der Waals surface area contributed by atoms with Crippen molar-refractivity contribution in [3.05, 3.63) is 59.2 Å². The van der Waals surface area contributed by atoms with Crippen LogP contribution in [0, 0.1) is 0 Å². The molecule has 0 aromatic heterocycles. The number of carbonyl (C=O) groups excluding carboxylic acids is 2. The molecule has 0 saturated carbocycles. The summed E-state index contributed by atoms with van der Waals surface area (Å²) >= 11 is 0. The quantitative estimate of drug-likeness (QED) is 0.512. The first-order valence-corrected chi connectivity index (χ1v) is 12.0. The second kappa shape index (κ2) is 11.7. The van der Waals surface area contributed by atoms with Crippen molar-refractivity contribution < 1.29 is 19.1 Å². The Morgan fingerprint density at radius 1 is 1.03 bits per heavy atom. The molecule has 1 heterocycles. The van der Waals surface area contributed by atoms with Crippen molar-refractivity contribution in [2.75, 3.05) is 31.7 Å². The zero-order valence-electron chi connectivity index (χ0n) is 20.0. The van der Waals surface area contributed by atoms with E-state index in [0.717, 1.165) is 61.3 Å². The predicted molar refractivity (Wildman–Crippen MR) is 131 cm³/mol. The minimum Gasteiger partial charge on any atom is -0.497 e. The van der Waals surface area contributed by atoms with Gasteiger partial charge in [0.15, 0.2) is 0 Å². The van der Waals surface area contributed by atoms with E-state index in [9.17, 15) is 9.59 Å². The highest BCUT2D eigenvalue weighted by Gasteiger charge is 2.32. The lowest BCUT2D eigenvalue weighted by molar-refractivity contribution is -0.120. The normalized spacial score (nSPS) is 15.5. The van der Waals surface area contributed by atoms with Crippen molar-refractivity contribution in [2.45, 2.75) is 57.8 Å². The molecule has 3 rings (SSSR count). The number of esters is 1. The van der Waals surface area contributed by atoms with E-state index in [4.69, 9.17) is 15.2 Å². The van der Waals surface area contributed by atoms with Crippen LogP contribution in [-0.4, -0.2) is 38.7 Å². The van der Waals surface area contributed by atoms with Crippen LogP contribution in [-0.2, 0) is 9.53 Å². The van der Waals surface area contributed by atoms with E-state index < -0.39 is 5.92 Å². The fourth-order valence-corrected chi connectivity index (χ4v) is 4.82. The number of hydrogen-bond donors (Lipinski definition) is 1. The van der Waals surface area contributed by atoms with Crippen LogP contribution in [0.2, 0.25) is 0 Å². The lowest BCUT2D eigenvalue weighted by Gasteiger charge is -2.34. The summed E-state index contributed by atoms with van der Waals surface area (Å²) in [6.45, 7) is 6.21. The van der Waals surface area contributed by atoms with E-state index in [1.807, 2.05) is 18.2 Å². The third kappa shape index (κ3) is 5.86. The smallest absolute Gasteiger partial charge is 0.338 e. The number of benzene rings is 2. The van der Waals surface area contributed by atoms with Crippen molar-refractivity contribution in [1.29, 1.82) is 0 Å². The van der Waals surface area contributed by atoms with E-state index in [2.05, 4.69) is 24.0 Å². The van der Waals surface area contributed by atoms with E-state index >= 15 is 0 Å². The summed E-state index contributed by atoms with van der Waals surface area (Å²) in [5.41, 5.74) is 9.53. The Bertz CT molecular complexity index is 936. The molecule has 33 heavy (non-hydrogen) atoms. The fourth-order valence-electron chi connectivity index (χ4n) is 4.82. The second-order valence-corrected chi connectivity index (χ2v) is 8.59. The molecule has 6 nitrogen and oxygen atoms in total. The molecule has 178 valence electrons. The number of primary amides is 1. The summed E-state index contributed by atoms with van der Waals surface area (Å²) in [4.78, 5) is 27.3. The van der Waals surface area contributed by atoms with Crippen LogP contribution in [0.4, 0.5) is 5.69 Å². The van der Waals surface area contributed by atoms with E-state index in [-0.39, 0.29) is 17.8 Å². The maximum atomic E-state index is 12.8. The van der Waals surface area contributed by atoms with Gasteiger partial charge in [-0.25, -0.2) is 4.79 Å². The SMILES string of the molecule is CCCC(c1ccc(OC)cc1N1CCCCC1)C(C(N)=O)c1ccc(C(=O)OCC)cc1. The third-order valence-corrected chi connectivity index (χ3v) is 6.42. The van der Waals surface area contributed by atoms with Crippen molar-refractivity contribution in [3.63, 3.8) is 0 Å². The lowest BCUT2D eigenvalue weighted by Crippen LogP contribution is -2.32. The predicted octanol–water partition coefficient (Wildman–Crippen LogP) is 5.02. The first kappa shape index (κ1) is 24.6. The van der Waals surface area contributed by atoms with Crippen molar-refractivity contribution in [3.8, 4) is 5.75 Å². The van der Waals surface area contributed by atoms with Gasteiger partial charge in [-0.05, 0) is 61.9 Å². The molecule has 1 aliphatic rings. The standard InChI is InChI=1S/C27H36N2O4/c1-4-9-23(22-15-14-21(32-3)18-24(22)29-16-7-6-8-17-29)25(26(28)30)19-10-12-20(13-11-19)27(31)33-5-2/h10-15,18,23,25H,4-9,16-17H2,1-3H3,(H2,28,30). The highest BCUT2D eigenvalue weighted by atomic mass is 16.5. The molecule has 1 fully saturated rings. The number of piperidine rings is 1. The number of nitrogens with two attached hydrogens (primary N) is 1. The molecule has 1 aliphatic heterocycles. The second-order valence-electron chi connectivity index (χ2n) is 8.59. The van der Waals surface area contributed by atoms with Gasteiger partial charge in [-0.3, -0.25) is 4.79 Å². The molecule has 2 aromatic rings. The molecule has 0 spiro atoms. The minimum atomic E-state index is -0.502. The van der Waals surface area contributed by atoms with Crippen LogP contribution >= 0.6 is 0 Å². The average molecular weight is 453 g/mol. The van der Waals surface area contributed by atoms with E-state index in [1.165, 1.54) is 6.42 Å². The summed E-state index contributed by atoms with van der Waals surface area (Å²) in [5, 5.41) is 0. The zero-order chi connectivity index (χ0) is 23.8. The van der Waals surface area contributed by atoms with Crippen LogP contribution in [0.1, 0.15) is 79.3 Å². The number of methoxy groups -OCH3 is 1. The highest BCUT2D eigenvalue weighted by molar-refractivity contribution is 5.90. The van der Waals surface area contributed by atoms with Gasteiger partial charge in [0.25, 0.3) is 0 Å². The Hall–Kier alpha value is -3.02. The van der Waals surface area contributed by atoms with Gasteiger partial charge in [0.1, 0.15) is 5.75 Å². The van der Waals surface area contributed by atoms with Crippen LogP contribution in [0.25, 0.3) is 0 Å². The number of hydrogen-bond acceptors (Lipinski definition) is 5. The third-order valence-electron chi connectivity index (χ3n) is 6.42. The maximum absolute atomic E-state index is 12.8. The van der Waals surface area contributed by atoms with Gasteiger partial charge in [0, 0.05) is 30.8 Å². The summed E-state index contributed by atoms with van der Waals surface area (Å²) in [6.07, 6.45) is 5.29. The fraction of sp³-hybridized carbons (Fsp3) is 0.481. The van der Waals surface area contributed by atoms with E-state index in [0.29, 0.717) is 12.2 Å². The number of amides is 1. The molecule has 6 heteroatoms. The van der Waals surface area contributed by atoms with Gasteiger partial charge < -0.3 is 20.1 Å². The number of carbonyl (C=O) groups is 2. The molecule has 2 unspecified atom stereocenters. The average Bonchev–Trinajstić information content (AvgIpc) is 2.84. The summed E-state index contributed by atoms with van der Waals surface area (Å²) in [7, 11) is 1.68. The first-order valence-electron chi connectivity index (χ1n) is 12.0. The van der Waals surface area contributed by atoms with E-state index in [1.54, 1.807) is 26.2 Å². The van der Waals surface area contributed by atoms with Crippen molar-refractivity contribution in [2.24, 2.45) is 5.73 Å². The molecular weight excluding hydrogens is 416 g/mol. The van der Waals surface area contributed by atoms with Gasteiger partial charge in [-0.2, -0.15) is 0 Å². The van der Waals surface area contributed by atoms with Crippen LogP contribution in [0.3, 0.4) is 0 Å². The zero-order valence-corrected chi connectivity index (χ0v) is 20.0. The Morgan fingerprint density at radius 2 is 1.73 bits per heavy atom. The van der Waals surface area contributed by atoms with Gasteiger partial charge in [-0.1, -0.05) is 31.5 Å². The number of ether oxygens (including phenoxy) is 2. The lowest BCUT2D eigenvalue weighted by atomic mass is 9.77. The molecule has 0 bridgehead atoms. The van der Waals surface area contributed by atoms with Gasteiger partial charge in [0.2, 0.25) is 5.91 Å². The Balaban J connectivity index is 2.03. The van der Waals surface area contributed by atoms with Crippen molar-refractivity contribution >= 4 is 17.6 Å². The maximum Gasteiger partial charge on any atom is 0.338 e. The largest absolute Gasteiger partial charge is 0.497 e. The van der Waals surface area contributed by atoms with Crippen molar-refractivity contribution in [1.82, 2.24) is 0 Å². The molecule has 0 radical (unpaired) electrons. The Kier molecular flexibility index (Phi) is 8.75. The molecule has 2 atom stereocenters. The highest BCUT2D eigenvalue weighted by Crippen LogP contribution is 2.42. The Labute approximate surface area is 197 Å². The summed E-state index contributed by atoms with van der Waals surface area (Å²) in [5.74, 6) is -0.504. The molecular formula is C27H36N2O4. The molecule has 2 aromatic carbocycles. The Morgan fingerprint density at radius 3 is 2.30 bits per heavy atom. The summed E-state index contributed by atoms with van der Waals surface area (Å²) in [6, 6.07) is 13.2. The van der Waals surface area contributed by atoms with Crippen LogP contribution in [0.15, 0.2) is 42.5 Å². The van der Waals surface area contributed by atoms with Crippen LogP contribution < -0.4 is 15.4 Å². The monoisotopic (exact) mass is 452 g/mol. The molecule has 1 amide bonds. The summed E-state index contributed by atoms with van der Waals surface area (Å²) < 4.78 is 10.6. The first-order chi connectivity index (χ1) is 16.0. The molecule has 1 saturated heterocycles. The van der Waals surface area contributed by atoms with Gasteiger partial charge in [-0.15, -0.1) is 0 Å². The van der Waals surface area contributed by atoms with Gasteiger partial charge >= 0.3 is 5.97 Å². The van der Waals surface area contributed by atoms with Gasteiger partial charge in [0.05, 0.1) is 25.2 Å².